The minimum Gasteiger partial charge on any atom is -0.464 e. The van der Waals surface area contributed by atoms with Gasteiger partial charge >= 0.3 is 5.97 Å². The van der Waals surface area contributed by atoms with E-state index in [4.69, 9.17) is 17.3 Å². The van der Waals surface area contributed by atoms with Crippen molar-refractivity contribution in [1.29, 1.82) is 0 Å². The topological polar surface area (TPSA) is 65.2 Å². The molecule has 4 nitrogen and oxygen atoms in total. The highest BCUT2D eigenvalue weighted by Gasteiger charge is 2.19. The molecular weight excluding hydrogens is 279 g/mol. The van der Waals surface area contributed by atoms with Gasteiger partial charge in [-0.2, -0.15) is 0 Å². The minimum atomic E-state index is -0.655. The summed E-state index contributed by atoms with van der Waals surface area (Å²) in [6.07, 6.45) is 0. The number of nitrogens with zero attached hydrogens (tertiary/aromatic N) is 1. The van der Waals surface area contributed by atoms with Crippen LogP contribution in [0.15, 0.2) is 18.2 Å². The first-order chi connectivity index (χ1) is 8.54. The summed E-state index contributed by atoms with van der Waals surface area (Å²) in [6.45, 7) is 0. The fourth-order valence-electron chi connectivity index (χ4n) is 1.36. The van der Waals surface area contributed by atoms with Crippen LogP contribution in [0.5, 0.6) is 0 Å². The number of carbonyl (C=O) groups excluding carboxylic acids is 1. The minimum absolute atomic E-state index is 0.0131. The van der Waals surface area contributed by atoms with E-state index in [2.05, 4.69) is 9.72 Å². The van der Waals surface area contributed by atoms with Gasteiger partial charge in [0.15, 0.2) is 11.5 Å². The molecule has 0 amide bonds. The molecule has 0 unspecified atom stereocenters. The van der Waals surface area contributed by atoms with Crippen molar-refractivity contribution in [3.8, 4) is 10.6 Å². The second-order valence-electron chi connectivity index (χ2n) is 3.32. The van der Waals surface area contributed by atoms with Gasteiger partial charge in [0.1, 0.15) is 10.0 Å². The van der Waals surface area contributed by atoms with Crippen LogP contribution < -0.4 is 5.73 Å². The number of carbonyl (C=O) groups is 1. The van der Waals surface area contributed by atoms with Crippen LogP contribution in [-0.4, -0.2) is 18.1 Å². The number of rotatable bonds is 2. The van der Waals surface area contributed by atoms with Gasteiger partial charge in [0.25, 0.3) is 0 Å². The lowest BCUT2D eigenvalue weighted by Crippen LogP contribution is -2.04. The van der Waals surface area contributed by atoms with Crippen LogP contribution in [0.2, 0.25) is 5.02 Å². The predicted molar refractivity (Wildman–Crippen MR) is 68.3 cm³/mol. The zero-order valence-corrected chi connectivity index (χ0v) is 10.8. The highest BCUT2D eigenvalue weighted by atomic mass is 35.5. The Kier molecular flexibility index (Phi) is 3.49. The fraction of sp³-hybridized carbons (Fsp3) is 0.0909. The number of benzene rings is 1. The molecule has 0 aliphatic heterocycles. The summed E-state index contributed by atoms with van der Waals surface area (Å²) in [4.78, 5) is 15.3. The molecule has 2 N–H and O–H groups in total. The van der Waals surface area contributed by atoms with Crippen LogP contribution in [-0.2, 0) is 4.74 Å². The standard InChI is InChI=1S/C11H8ClFN2O2S/c1-17-11(16)8-9(14)18-10(15-8)5-3-2-4-6(12)7(5)13/h2-4H,14H2,1H3. The third-order valence-corrected chi connectivity index (χ3v) is 3.42. The summed E-state index contributed by atoms with van der Waals surface area (Å²) in [5.74, 6) is -1.25. The van der Waals surface area contributed by atoms with Gasteiger partial charge in [0.2, 0.25) is 0 Å². The molecule has 7 heteroatoms. The Hall–Kier alpha value is -1.66. The third kappa shape index (κ3) is 2.16. The molecule has 1 aromatic carbocycles. The Morgan fingerprint density at radius 1 is 1.56 bits per heavy atom. The summed E-state index contributed by atoms with van der Waals surface area (Å²) in [6, 6.07) is 4.54. The van der Waals surface area contributed by atoms with E-state index in [-0.39, 0.29) is 26.3 Å². The number of hydrogen-bond acceptors (Lipinski definition) is 5. The fourth-order valence-corrected chi connectivity index (χ4v) is 2.37. The quantitative estimate of drug-likeness (QED) is 0.862. The molecule has 1 heterocycles. The maximum atomic E-state index is 13.8. The number of methoxy groups -OCH3 is 1. The van der Waals surface area contributed by atoms with Gasteiger partial charge in [0, 0.05) is 5.56 Å². The van der Waals surface area contributed by atoms with E-state index >= 15 is 0 Å². The maximum absolute atomic E-state index is 13.8. The number of anilines is 1. The molecule has 0 aliphatic rings. The number of nitrogens with two attached hydrogens (primary N) is 1. The van der Waals surface area contributed by atoms with Gasteiger partial charge in [-0.25, -0.2) is 14.2 Å². The van der Waals surface area contributed by atoms with Gasteiger partial charge in [-0.05, 0) is 12.1 Å². The van der Waals surface area contributed by atoms with Gasteiger partial charge in [-0.1, -0.05) is 29.0 Å². The van der Waals surface area contributed by atoms with Crippen molar-refractivity contribution in [3.05, 3.63) is 34.7 Å². The first kappa shape index (κ1) is 12.8. The second-order valence-corrected chi connectivity index (χ2v) is 4.76. The van der Waals surface area contributed by atoms with E-state index < -0.39 is 11.8 Å². The SMILES string of the molecule is COC(=O)c1nc(-c2cccc(Cl)c2F)sc1N. The Bertz CT molecular complexity index is 615. The summed E-state index contributed by atoms with van der Waals surface area (Å²) in [7, 11) is 1.22. The molecule has 0 fully saturated rings. The summed E-state index contributed by atoms with van der Waals surface area (Å²) in [5, 5.41) is 0.449. The largest absolute Gasteiger partial charge is 0.464 e. The van der Waals surface area contributed by atoms with Crippen molar-refractivity contribution < 1.29 is 13.9 Å². The Labute approximate surface area is 111 Å². The van der Waals surface area contributed by atoms with E-state index in [1.807, 2.05) is 0 Å². The lowest BCUT2D eigenvalue weighted by atomic mass is 10.2. The monoisotopic (exact) mass is 286 g/mol. The summed E-state index contributed by atoms with van der Waals surface area (Å²) < 4.78 is 18.3. The molecule has 0 aliphatic carbocycles. The molecule has 0 radical (unpaired) electrons. The van der Waals surface area contributed by atoms with Crippen LogP contribution in [0.4, 0.5) is 9.39 Å². The Balaban J connectivity index is 2.53. The van der Waals surface area contributed by atoms with Gasteiger partial charge < -0.3 is 10.5 Å². The number of hydrogen-bond donors (Lipinski definition) is 1. The third-order valence-electron chi connectivity index (χ3n) is 2.21. The van der Waals surface area contributed by atoms with E-state index in [1.54, 1.807) is 6.07 Å². The van der Waals surface area contributed by atoms with Crippen molar-refractivity contribution in [2.24, 2.45) is 0 Å². The molecule has 1 aromatic heterocycles. The molecule has 0 bridgehead atoms. The molecule has 2 rings (SSSR count). The molecular formula is C11H8ClFN2O2S. The summed E-state index contributed by atoms with van der Waals surface area (Å²) in [5.41, 5.74) is 5.83. The van der Waals surface area contributed by atoms with Gasteiger partial charge in [0.05, 0.1) is 12.1 Å². The van der Waals surface area contributed by atoms with E-state index in [9.17, 15) is 9.18 Å². The zero-order valence-electron chi connectivity index (χ0n) is 9.24. The van der Waals surface area contributed by atoms with Crippen LogP contribution >= 0.6 is 22.9 Å². The van der Waals surface area contributed by atoms with Crippen LogP contribution in [0, 0.1) is 5.82 Å². The molecule has 18 heavy (non-hydrogen) atoms. The molecule has 2 aromatic rings. The number of halogens is 2. The van der Waals surface area contributed by atoms with Crippen molar-refractivity contribution in [2.75, 3.05) is 12.8 Å². The predicted octanol–water partition coefficient (Wildman–Crippen LogP) is 2.97. The first-order valence-corrected chi connectivity index (χ1v) is 6.03. The zero-order chi connectivity index (χ0) is 13.3. The number of thiazole rings is 1. The molecule has 0 atom stereocenters. The number of nitrogen functional groups attached to an aromatic ring is 1. The second kappa shape index (κ2) is 4.91. The van der Waals surface area contributed by atoms with Crippen molar-refractivity contribution in [1.82, 2.24) is 4.98 Å². The lowest BCUT2D eigenvalue weighted by Gasteiger charge is -1.99. The molecule has 0 spiro atoms. The number of aromatic nitrogens is 1. The van der Waals surface area contributed by atoms with Crippen molar-refractivity contribution in [2.45, 2.75) is 0 Å². The number of esters is 1. The van der Waals surface area contributed by atoms with Crippen LogP contribution in [0.3, 0.4) is 0 Å². The van der Waals surface area contributed by atoms with Gasteiger partial charge in [-0.3, -0.25) is 0 Å². The Morgan fingerprint density at radius 2 is 2.28 bits per heavy atom. The van der Waals surface area contributed by atoms with Crippen LogP contribution in [0.1, 0.15) is 10.5 Å². The average Bonchev–Trinajstić information content (AvgIpc) is 2.73. The Morgan fingerprint density at radius 3 is 2.94 bits per heavy atom. The van der Waals surface area contributed by atoms with Crippen molar-refractivity contribution in [3.63, 3.8) is 0 Å². The van der Waals surface area contributed by atoms with Crippen molar-refractivity contribution >= 4 is 33.9 Å². The van der Waals surface area contributed by atoms with E-state index in [0.717, 1.165) is 11.3 Å². The van der Waals surface area contributed by atoms with Crippen LogP contribution in [0.25, 0.3) is 10.6 Å². The highest BCUT2D eigenvalue weighted by Crippen LogP contribution is 2.33. The van der Waals surface area contributed by atoms with E-state index in [0.29, 0.717) is 0 Å². The smallest absolute Gasteiger partial charge is 0.359 e. The summed E-state index contributed by atoms with van der Waals surface area (Å²) >= 11 is 6.68. The first-order valence-electron chi connectivity index (χ1n) is 4.83. The van der Waals surface area contributed by atoms with Gasteiger partial charge in [-0.15, -0.1) is 0 Å². The highest BCUT2D eigenvalue weighted by molar-refractivity contribution is 7.19. The number of ether oxygens (including phenoxy) is 1. The molecule has 94 valence electrons. The average molecular weight is 287 g/mol. The maximum Gasteiger partial charge on any atom is 0.359 e. The molecule has 0 saturated carbocycles. The normalized spacial score (nSPS) is 10.4. The lowest BCUT2D eigenvalue weighted by molar-refractivity contribution is 0.0596. The molecule has 0 saturated heterocycles. The van der Waals surface area contributed by atoms with E-state index in [1.165, 1.54) is 19.2 Å².